The van der Waals surface area contributed by atoms with Crippen LogP contribution in [0.3, 0.4) is 0 Å². The SMILES string of the molecule is CC(=O)N1CCCN(C(=O)CCc2cnccn2)CCNC(=O)CC1c1ccccc1. The average molecular weight is 424 g/mol. The minimum absolute atomic E-state index is 0.00753. The summed E-state index contributed by atoms with van der Waals surface area (Å²) < 4.78 is 0. The number of nitrogens with zero attached hydrogens (tertiary/aromatic N) is 4. The van der Waals surface area contributed by atoms with Gasteiger partial charge in [-0.05, 0) is 18.4 Å². The molecule has 3 rings (SSSR count). The van der Waals surface area contributed by atoms with Gasteiger partial charge in [-0.25, -0.2) is 0 Å². The molecule has 1 aromatic carbocycles. The van der Waals surface area contributed by atoms with Crippen LogP contribution in [0, 0.1) is 0 Å². The molecule has 1 aliphatic heterocycles. The lowest BCUT2D eigenvalue weighted by molar-refractivity contribution is -0.132. The van der Waals surface area contributed by atoms with Crippen molar-refractivity contribution in [1.82, 2.24) is 25.1 Å². The van der Waals surface area contributed by atoms with E-state index in [4.69, 9.17) is 0 Å². The van der Waals surface area contributed by atoms with Crippen LogP contribution < -0.4 is 5.32 Å². The van der Waals surface area contributed by atoms with Gasteiger partial charge in [0.25, 0.3) is 0 Å². The fourth-order valence-electron chi connectivity index (χ4n) is 3.84. The molecule has 1 fully saturated rings. The highest BCUT2D eigenvalue weighted by Gasteiger charge is 2.26. The first kappa shape index (κ1) is 22.4. The van der Waals surface area contributed by atoms with Crippen LogP contribution in [0.5, 0.6) is 0 Å². The summed E-state index contributed by atoms with van der Waals surface area (Å²) in [6.45, 7) is 3.37. The Kier molecular flexibility index (Phi) is 8.09. The molecule has 1 unspecified atom stereocenters. The Hall–Kier alpha value is -3.29. The first-order chi connectivity index (χ1) is 15.0. The third-order valence-electron chi connectivity index (χ3n) is 5.44. The molecule has 1 aromatic heterocycles. The molecule has 0 radical (unpaired) electrons. The monoisotopic (exact) mass is 423 g/mol. The molecule has 0 bridgehead atoms. The highest BCUT2D eigenvalue weighted by Crippen LogP contribution is 2.25. The molecule has 1 N–H and O–H groups in total. The lowest BCUT2D eigenvalue weighted by atomic mass is 10.0. The minimum atomic E-state index is -0.322. The first-order valence-corrected chi connectivity index (χ1v) is 10.7. The van der Waals surface area contributed by atoms with Gasteiger partial charge in [0.05, 0.1) is 18.2 Å². The number of amides is 3. The van der Waals surface area contributed by atoms with Gasteiger partial charge in [0.1, 0.15) is 0 Å². The van der Waals surface area contributed by atoms with Crippen LogP contribution >= 0.6 is 0 Å². The zero-order chi connectivity index (χ0) is 22.1. The van der Waals surface area contributed by atoms with Gasteiger partial charge in [0.2, 0.25) is 17.7 Å². The molecule has 1 aliphatic rings. The van der Waals surface area contributed by atoms with Crippen LogP contribution in [0.25, 0.3) is 0 Å². The van der Waals surface area contributed by atoms with E-state index in [-0.39, 0.29) is 30.2 Å². The Morgan fingerprint density at radius 3 is 2.65 bits per heavy atom. The van der Waals surface area contributed by atoms with Crippen molar-refractivity contribution in [3.05, 3.63) is 60.2 Å². The molecule has 8 nitrogen and oxygen atoms in total. The maximum atomic E-state index is 12.8. The molecular formula is C23H29N5O3. The van der Waals surface area contributed by atoms with E-state index in [0.29, 0.717) is 45.4 Å². The molecule has 8 heteroatoms. The number of carbonyl (C=O) groups is 3. The zero-order valence-electron chi connectivity index (χ0n) is 17.9. The van der Waals surface area contributed by atoms with Crippen molar-refractivity contribution >= 4 is 17.7 Å². The number of benzene rings is 1. The van der Waals surface area contributed by atoms with Crippen molar-refractivity contribution in [2.24, 2.45) is 0 Å². The predicted octanol–water partition coefficient (Wildman–Crippen LogP) is 1.74. The highest BCUT2D eigenvalue weighted by atomic mass is 16.2. The summed E-state index contributed by atoms with van der Waals surface area (Å²) in [5.74, 6) is -0.205. The third-order valence-corrected chi connectivity index (χ3v) is 5.44. The van der Waals surface area contributed by atoms with Crippen LogP contribution in [0.4, 0.5) is 0 Å². The van der Waals surface area contributed by atoms with E-state index in [9.17, 15) is 14.4 Å². The Balaban J connectivity index is 1.68. The van der Waals surface area contributed by atoms with E-state index in [2.05, 4.69) is 15.3 Å². The van der Waals surface area contributed by atoms with Crippen molar-refractivity contribution in [2.75, 3.05) is 26.2 Å². The van der Waals surface area contributed by atoms with Gasteiger partial charge in [-0.1, -0.05) is 30.3 Å². The number of rotatable bonds is 4. The number of hydrogen-bond donors (Lipinski definition) is 1. The lowest BCUT2D eigenvalue weighted by Gasteiger charge is -2.31. The summed E-state index contributed by atoms with van der Waals surface area (Å²) in [6.07, 6.45) is 6.57. The molecule has 31 heavy (non-hydrogen) atoms. The van der Waals surface area contributed by atoms with E-state index in [0.717, 1.165) is 11.3 Å². The fraction of sp³-hybridized carbons (Fsp3) is 0.435. The van der Waals surface area contributed by atoms with Crippen molar-refractivity contribution in [3.8, 4) is 0 Å². The number of aromatic nitrogens is 2. The third kappa shape index (κ3) is 6.60. The molecule has 0 spiro atoms. The second kappa shape index (κ2) is 11.2. The Morgan fingerprint density at radius 2 is 1.94 bits per heavy atom. The second-order valence-electron chi connectivity index (χ2n) is 7.62. The second-order valence-corrected chi connectivity index (χ2v) is 7.62. The van der Waals surface area contributed by atoms with Gasteiger partial charge in [-0.2, -0.15) is 0 Å². The molecule has 164 valence electrons. The standard InChI is InChI=1S/C23H29N5O3/c1-18(29)28-14-5-13-27(23(31)9-8-20-17-24-10-11-25-20)15-12-26-22(30)16-21(28)19-6-3-2-4-7-19/h2-4,6-7,10-11,17,21H,5,8-9,12-16H2,1H3,(H,26,30). The molecule has 3 amide bonds. The molecule has 1 saturated heterocycles. The fourth-order valence-corrected chi connectivity index (χ4v) is 3.84. The molecule has 1 atom stereocenters. The van der Waals surface area contributed by atoms with Crippen LogP contribution in [0.2, 0.25) is 0 Å². The van der Waals surface area contributed by atoms with Crippen molar-refractivity contribution in [2.45, 2.75) is 38.6 Å². The maximum absolute atomic E-state index is 12.8. The summed E-state index contributed by atoms with van der Waals surface area (Å²) in [7, 11) is 0. The van der Waals surface area contributed by atoms with Gasteiger partial charge in [-0.15, -0.1) is 0 Å². The quantitative estimate of drug-likeness (QED) is 0.808. The first-order valence-electron chi connectivity index (χ1n) is 10.7. The van der Waals surface area contributed by atoms with Crippen LogP contribution in [0.1, 0.15) is 43.5 Å². The van der Waals surface area contributed by atoms with Gasteiger partial charge < -0.3 is 15.1 Å². The molecule has 2 aromatic rings. The predicted molar refractivity (Wildman–Crippen MR) is 116 cm³/mol. The average Bonchev–Trinajstić information content (AvgIpc) is 2.82. The normalized spacial score (nSPS) is 18.1. The minimum Gasteiger partial charge on any atom is -0.354 e. The van der Waals surface area contributed by atoms with Gasteiger partial charge in [-0.3, -0.25) is 24.4 Å². The maximum Gasteiger partial charge on any atom is 0.223 e. The van der Waals surface area contributed by atoms with Crippen molar-refractivity contribution < 1.29 is 14.4 Å². The van der Waals surface area contributed by atoms with Crippen molar-refractivity contribution in [1.29, 1.82) is 0 Å². The van der Waals surface area contributed by atoms with Crippen LogP contribution in [0.15, 0.2) is 48.9 Å². The molecule has 0 saturated carbocycles. The highest BCUT2D eigenvalue weighted by molar-refractivity contribution is 5.79. The molecular weight excluding hydrogens is 394 g/mol. The van der Waals surface area contributed by atoms with E-state index in [1.54, 1.807) is 28.4 Å². The summed E-state index contributed by atoms with van der Waals surface area (Å²) in [5, 5.41) is 2.90. The summed E-state index contributed by atoms with van der Waals surface area (Å²) in [6, 6.07) is 9.29. The van der Waals surface area contributed by atoms with E-state index < -0.39 is 0 Å². The number of carbonyl (C=O) groups excluding carboxylic acids is 3. The summed E-state index contributed by atoms with van der Waals surface area (Å²) in [4.78, 5) is 49.5. The van der Waals surface area contributed by atoms with Crippen LogP contribution in [-0.4, -0.2) is 63.7 Å². The summed E-state index contributed by atoms with van der Waals surface area (Å²) in [5.41, 5.74) is 1.71. The number of aryl methyl sites for hydroxylation is 1. The van der Waals surface area contributed by atoms with E-state index >= 15 is 0 Å². The topological polar surface area (TPSA) is 95.5 Å². The van der Waals surface area contributed by atoms with Crippen molar-refractivity contribution in [3.63, 3.8) is 0 Å². The van der Waals surface area contributed by atoms with Crippen LogP contribution in [-0.2, 0) is 20.8 Å². The largest absolute Gasteiger partial charge is 0.354 e. The number of nitrogens with one attached hydrogen (secondary N) is 1. The van der Waals surface area contributed by atoms with E-state index in [1.807, 2.05) is 30.3 Å². The van der Waals surface area contributed by atoms with Gasteiger partial charge in [0, 0.05) is 58.1 Å². The molecule has 2 heterocycles. The smallest absolute Gasteiger partial charge is 0.223 e. The number of hydrogen-bond acceptors (Lipinski definition) is 5. The van der Waals surface area contributed by atoms with Gasteiger partial charge in [0.15, 0.2) is 0 Å². The zero-order valence-corrected chi connectivity index (χ0v) is 17.9. The Labute approximate surface area is 182 Å². The van der Waals surface area contributed by atoms with E-state index in [1.165, 1.54) is 6.92 Å². The Morgan fingerprint density at radius 1 is 1.13 bits per heavy atom. The lowest BCUT2D eigenvalue weighted by Crippen LogP contribution is -2.39. The Bertz CT molecular complexity index is 875. The summed E-state index contributed by atoms with van der Waals surface area (Å²) >= 11 is 0. The molecule has 0 aliphatic carbocycles. The van der Waals surface area contributed by atoms with Gasteiger partial charge >= 0.3 is 0 Å².